The van der Waals surface area contributed by atoms with E-state index in [1.165, 1.54) is 11.1 Å². The van der Waals surface area contributed by atoms with Crippen LogP contribution in [0.3, 0.4) is 0 Å². The maximum absolute atomic E-state index is 13.4. The number of carbonyl (C=O) groups is 1. The highest BCUT2D eigenvalue weighted by Gasteiger charge is 2.39. The van der Waals surface area contributed by atoms with Crippen LogP contribution >= 0.6 is 0 Å². The van der Waals surface area contributed by atoms with Crippen molar-refractivity contribution in [2.45, 2.75) is 50.9 Å². The molecule has 2 aromatic carbocycles. The molecule has 4 rings (SSSR count). The quantitative estimate of drug-likeness (QED) is 0.791. The normalized spacial score (nSPS) is 24.2. The van der Waals surface area contributed by atoms with Crippen LogP contribution in [0.15, 0.2) is 60.7 Å². The SMILES string of the molecule is O=C(C1CCCN1Cc1ccccc1)C1CCCN1Cc1ccccc1. The third kappa shape index (κ3) is 3.89. The highest BCUT2D eigenvalue weighted by atomic mass is 16.1. The summed E-state index contributed by atoms with van der Waals surface area (Å²) < 4.78 is 0. The lowest BCUT2D eigenvalue weighted by Crippen LogP contribution is -2.46. The van der Waals surface area contributed by atoms with E-state index in [1.54, 1.807) is 0 Å². The van der Waals surface area contributed by atoms with Gasteiger partial charge in [-0.3, -0.25) is 14.6 Å². The van der Waals surface area contributed by atoms with Crippen LogP contribution in [-0.2, 0) is 17.9 Å². The molecule has 0 bridgehead atoms. The largest absolute Gasteiger partial charge is 0.296 e. The summed E-state index contributed by atoms with van der Waals surface area (Å²) in [6, 6.07) is 21.3. The van der Waals surface area contributed by atoms with Crippen molar-refractivity contribution in [1.82, 2.24) is 9.80 Å². The molecule has 0 saturated carbocycles. The second-order valence-electron chi connectivity index (χ2n) is 7.63. The van der Waals surface area contributed by atoms with Crippen molar-refractivity contribution >= 4 is 5.78 Å². The van der Waals surface area contributed by atoms with Gasteiger partial charge in [-0.2, -0.15) is 0 Å². The van der Waals surface area contributed by atoms with Crippen LogP contribution in [0, 0.1) is 0 Å². The Morgan fingerprint density at radius 2 is 1.15 bits per heavy atom. The number of hydrogen-bond acceptors (Lipinski definition) is 3. The van der Waals surface area contributed by atoms with Gasteiger partial charge in [0.1, 0.15) is 0 Å². The Hall–Kier alpha value is -1.97. The lowest BCUT2D eigenvalue weighted by molar-refractivity contribution is -0.128. The minimum atomic E-state index is 0.0941. The zero-order valence-electron chi connectivity index (χ0n) is 15.4. The summed E-state index contributed by atoms with van der Waals surface area (Å²) >= 11 is 0. The molecular formula is C23H28N2O. The van der Waals surface area contributed by atoms with Crippen molar-refractivity contribution in [2.75, 3.05) is 13.1 Å². The number of carbonyl (C=O) groups excluding carboxylic acids is 1. The summed E-state index contributed by atoms with van der Waals surface area (Å²) in [5, 5.41) is 0. The van der Waals surface area contributed by atoms with Gasteiger partial charge in [0, 0.05) is 13.1 Å². The number of Topliss-reactive ketones (excluding diaryl/α,β-unsaturated/α-hetero) is 1. The van der Waals surface area contributed by atoms with Gasteiger partial charge in [0.2, 0.25) is 0 Å². The topological polar surface area (TPSA) is 23.6 Å². The third-order valence-electron chi connectivity index (χ3n) is 5.84. The van der Waals surface area contributed by atoms with Crippen LogP contribution in [-0.4, -0.2) is 40.8 Å². The van der Waals surface area contributed by atoms with Crippen molar-refractivity contribution in [3.05, 3.63) is 71.8 Å². The molecule has 3 heteroatoms. The summed E-state index contributed by atoms with van der Waals surface area (Å²) in [5.41, 5.74) is 2.61. The summed E-state index contributed by atoms with van der Waals surface area (Å²) in [6.07, 6.45) is 4.30. The van der Waals surface area contributed by atoms with Crippen LogP contribution < -0.4 is 0 Å². The minimum absolute atomic E-state index is 0.0941. The molecule has 2 aliphatic heterocycles. The van der Waals surface area contributed by atoms with Crippen LogP contribution in [0.5, 0.6) is 0 Å². The average Bonchev–Trinajstić information content (AvgIpc) is 3.32. The first-order valence-electron chi connectivity index (χ1n) is 9.91. The zero-order valence-corrected chi connectivity index (χ0v) is 15.4. The Bertz CT molecular complexity index is 654. The van der Waals surface area contributed by atoms with Gasteiger partial charge in [0.25, 0.3) is 0 Å². The van der Waals surface area contributed by atoms with Gasteiger partial charge in [0.05, 0.1) is 12.1 Å². The number of nitrogens with zero attached hydrogens (tertiary/aromatic N) is 2. The predicted octanol–water partition coefficient (Wildman–Crippen LogP) is 3.88. The molecule has 0 radical (unpaired) electrons. The monoisotopic (exact) mass is 348 g/mol. The predicted molar refractivity (Wildman–Crippen MR) is 105 cm³/mol. The van der Waals surface area contributed by atoms with Crippen LogP contribution in [0.1, 0.15) is 36.8 Å². The minimum Gasteiger partial charge on any atom is -0.296 e. The highest BCUT2D eigenvalue weighted by Crippen LogP contribution is 2.28. The summed E-state index contributed by atoms with van der Waals surface area (Å²) in [6.45, 7) is 3.86. The van der Waals surface area contributed by atoms with E-state index in [0.717, 1.165) is 51.9 Å². The van der Waals surface area contributed by atoms with Crippen LogP contribution in [0.2, 0.25) is 0 Å². The smallest absolute Gasteiger partial charge is 0.167 e. The molecule has 26 heavy (non-hydrogen) atoms. The van der Waals surface area contributed by atoms with Crippen LogP contribution in [0.4, 0.5) is 0 Å². The van der Waals surface area contributed by atoms with E-state index < -0.39 is 0 Å². The lowest BCUT2D eigenvalue weighted by Gasteiger charge is -2.30. The molecule has 2 saturated heterocycles. The van der Waals surface area contributed by atoms with E-state index in [-0.39, 0.29) is 12.1 Å². The van der Waals surface area contributed by atoms with Crippen LogP contribution in [0.25, 0.3) is 0 Å². The molecule has 0 aliphatic carbocycles. The molecule has 0 amide bonds. The van der Waals surface area contributed by atoms with E-state index in [0.29, 0.717) is 5.78 Å². The number of ketones is 1. The molecular weight excluding hydrogens is 320 g/mol. The molecule has 2 aromatic rings. The first-order chi connectivity index (χ1) is 12.8. The average molecular weight is 348 g/mol. The molecule has 0 spiro atoms. The fourth-order valence-corrected chi connectivity index (χ4v) is 4.53. The van der Waals surface area contributed by atoms with Crippen molar-refractivity contribution in [3.63, 3.8) is 0 Å². The summed E-state index contributed by atoms with van der Waals surface area (Å²) in [7, 11) is 0. The van der Waals surface area contributed by atoms with E-state index in [4.69, 9.17) is 0 Å². The van der Waals surface area contributed by atoms with E-state index in [2.05, 4.69) is 70.5 Å². The van der Waals surface area contributed by atoms with Crippen molar-refractivity contribution in [1.29, 1.82) is 0 Å². The van der Waals surface area contributed by atoms with Gasteiger partial charge >= 0.3 is 0 Å². The summed E-state index contributed by atoms with van der Waals surface area (Å²) in [5.74, 6) is 0.451. The number of hydrogen-bond donors (Lipinski definition) is 0. The van der Waals surface area contributed by atoms with Crippen molar-refractivity contribution < 1.29 is 4.79 Å². The van der Waals surface area contributed by atoms with E-state index in [9.17, 15) is 4.79 Å². The van der Waals surface area contributed by atoms with Gasteiger partial charge in [-0.15, -0.1) is 0 Å². The molecule has 0 aromatic heterocycles. The maximum Gasteiger partial charge on any atom is 0.167 e. The summed E-state index contributed by atoms with van der Waals surface area (Å²) in [4.78, 5) is 18.2. The maximum atomic E-state index is 13.4. The van der Waals surface area contributed by atoms with E-state index in [1.807, 2.05) is 0 Å². The lowest BCUT2D eigenvalue weighted by atomic mass is 10.00. The number of likely N-dealkylation sites (tertiary alicyclic amines) is 2. The second-order valence-corrected chi connectivity index (χ2v) is 7.63. The highest BCUT2D eigenvalue weighted by molar-refractivity contribution is 5.89. The third-order valence-corrected chi connectivity index (χ3v) is 5.84. The fourth-order valence-electron chi connectivity index (χ4n) is 4.53. The molecule has 2 fully saturated rings. The number of benzene rings is 2. The molecule has 3 nitrogen and oxygen atoms in total. The molecule has 2 heterocycles. The molecule has 2 aliphatic rings. The Labute approximate surface area is 156 Å². The fraction of sp³-hybridized carbons (Fsp3) is 0.435. The zero-order chi connectivity index (χ0) is 17.8. The Kier molecular flexibility index (Phi) is 5.47. The van der Waals surface area contributed by atoms with E-state index >= 15 is 0 Å². The molecule has 0 N–H and O–H groups in total. The standard InChI is InChI=1S/C23H28N2O/c26-23(21-13-7-15-24(21)17-19-9-3-1-4-10-19)22-14-8-16-25(22)18-20-11-5-2-6-12-20/h1-6,9-12,21-22H,7-8,13-18H2. The number of rotatable bonds is 6. The second kappa shape index (κ2) is 8.15. The van der Waals surface area contributed by atoms with Gasteiger partial charge in [-0.05, 0) is 49.9 Å². The van der Waals surface area contributed by atoms with Gasteiger partial charge in [0.15, 0.2) is 5.78 Å². The molecule has 2 atom stereocenters. The first-order valence-corrected chi connectivity index (χ1v) is 9.91. The first kappa shape index (κ1) is 17.4. The van der Waals surface area contributed by atoms with Gasteiger partial charge in [-0.25, -0.2) is 0 Å². The van der Waals surface area contributed by atoms with Gasteiger partial charge < -0.3 is 0 Å². The molecule has 2 unspecified atom stereocenters. The van der Waals surface area contributed by atoms with Crippen molar-refractivity contribution in [3.8, 4) is 0 Å². The van der Waals surface area contributed by atoms with Crippen molar-refractivity contribution in [2.24, 2.45) is 0 Å². The Balaban J connectivity index is 1.43. The Morgan fingerprint density at radius 3 is 1.58 bits per heavy atom. The Morgan fingerprint density at radius 1 is 0.731 bits per heavy atom. The molecule has 136 valence electrons. The van der Waals surface area contributed by atoms with Gasteiger partial charge in [-0.1, -0.05) is 60.7 Å².